The predicted molar refractivity (Wildman–Crippen MR) is 161 cm³/mol. The maximum absolute atomic E-state index is 13.6. The zero-order valence-corrected chi connectivity index (χ0v) is 25.1. The number of hydrogen-bond acceptors (Lipinski definition) is 11. The molecule has 1 aromatic heterocycles. The molecular formula is C28H27N7O4S3. The Morgan fingerprint density at radius 2 is 1.86 bits per heavy atom. The van der Waals surface area contributed by atoms with Gasteiger partial charge in [0.2, 0.25) is 21.1 Å². The second kappa shape index (κ2) is 11.3. The summed E-state index contributed by atoms with van der Waals surface area (Å²) in [6.07, 6.45) is 0.893. The third kappa shape index (κ3) is 5.95. The molecule has 1 unspecified atom stereocenters. The molecular weight excluding hydrogens is 595 g/mol. The van der Waals surface area contributed by atoms with Gasteiger partial charge in [-0.25, -0.2) is 13.6 Å². The molecule has 216 valence electrons. The van der Waals surface area contributed by atoms with Crippen LogP contribution in [0.1, 0.15) is 38.2 Å². The van der Waals surface area contributed by atoms with Crippen LogP contribution in [0.5, 0.6) is 0 Å². The van der Waals surface area contributed by atoms with E-state index < -0.39 is 15.9 Å². The predicted octanol–water partition coefficient (Wildman–Crippen LogP) is 3.86. The first-order valence-electron chi connectivity index (χ1n) is 12.8. The Labute approximate surface area is 251 Å². The van der Waals surface area contributed by atoms with Gasteiger partial charge in [0.25, 0.3) is 0 Å². The molecule has 0 saturated heterocycles. The van der Waals surface area contributed by atoms with Gasteiger partial charge in [-0.1, -0.05) is 67.3 Å². The summed E-state index contributed by atoms with van der Waals surface area (Å²) in [5, 5.41) is 26.9. The van der Waals surface area contributed by atoms with Crippen molar-refractivity contribution in [1.82, 2.24) is 10.2 Å². The number of aromatic nitrogens is 2. The monoisotopic (exact) mass is 621 g/mol. The quantitative estimate of drug-likeness (QED) is 0.327. The van der Waals surface area contributed by atoms with E-state index in [4.69, 9.17) is 10.9 Å². The second-order valence-electron chi connectivity index (χ2n) is 10.6. The van der Waals surface area contributed by atoms with Crippen LogP contribution in [0.25, 0.3) is 0 Å². The van der Waals surface area contributed by atoms with Crippen molar-refractivity contribution in [3.63, 3.8) is 0 Å². The van der Waals surface area contributed by atoms with Crippen LogP contribution in [-0.4, -0.2) is 36.1 Å². The number of rotatable bonds is 7. The van der Waals surface area contributed by atoms with E-state index in [-0.39, 0.29) is 39.1 Å². The minimum Gasteiger partial charge on any atom is -0.384 e. The van der Waals surface area contributed by atoms with Gasteiger partial charge < -0.3 is 11.1 Å². The van der Waals surface area contributed by atoms with Crippen molar-refractivity contribution in [2.24, 2.45) is 16.3 Å². The van der Waals surface area contributed by atoms with E-state index in [0.717, 1.165) is 17.3 Å². The van der Waals surface area contributed by atoms with Crippen LogP contribution in [-0.2, 0) is 19.6 Å². The molecule has 0 radical (unpaired) electrons. The fraction of sp³-hybridized carbons (Fsp3) is 0.250. The highest BCUT2D eigenvalue weighted by atomic mass is 32.2. The maximum atomic E-state index is 13.6. The van der Waals surface area contributed by atoms with Crippen molar-refractivity contribution in [3.05, 3.63) is 82.8 Å². The van der Waals surface area contributed by atoms with Crippen LogP contribution in [0.4, 0.5) is 10.8 Å². The lowest BCUT2D eigenvalue weighted by Gasteiger charge is -2.42. The molecule has 0 spiro atoms. The summed E-state index contributed by atoms with van der Waals surface area (Å²) in [5.41, 5.74) is 9.07. The number of carbonyl (C=O) groups excluding carboxylic acids is 2. The Bertz CT molecular complexity index is 1770. The lowest BCUT2D eigenvalue weighted by Crippen LogP contribution is -2.42. The molecule has 1 aliphatic carbocycles. The van der Waals surface area contributed by atoms with Crippen LogP contribution in [0.15, 0.2) is 86.5 Å². The van der Waals surface area contributed by atoms with E-state index in [2.05, 4.69) is 21.6 Å². The summed E-state index contributed by atoms with van der Waals surface area (Å²) in [4.78, 5) is 27.7. The van der Waals surface area contributed by atoms with Gasteiger partial charge in [-0.05, 0) is 41.7 Å². The molecule has 42 heavy (non-hydrogen) atoms. The first kappa shape index (κ1) is 29.5. The molecule has 1 atom stereocenters. The molecule has 5 N–H and O–H groups in total. The van der Waals surface area contributed by atoms with Gasteiger partial charge in [0.05, 0.1) is 28.2 Å². The van der Waals surface area contributed by atoms with Gasteiger partial charge in [0.1, 0.15) is 5.82 Å². The van der Waals surface area contributed by atoms with Gasteiger partial charge in [-0.2, -0.15) is 5.26 Å². The molecule has 0 bridgehead atoms. The van der Waals surface area contributed by atoms with Crippen molar-refractivity contribution in [2.45, 2.75) is 41.8 Å². The first-order chi connectivity index (χ1) is 19.9. The van der Waals surface area contributed by atoms with Crippen LogP contribution < -0.4 is 21.1 Å². The third-order valence-corrected chi connectivity index (χ3v) is 9.87. The van der Waals surface area contributed by atoms with E-state index >= 15 is 0 Å². The van der Waals surface area contributed by atoms with E-state index in [9.17, 15) is 23.3 Å². The average molecular weight is 622 g/mol. The van der Waals surface area contributed by atoms with Crippen LogP contribution in [0.2, 0.25) is 0 Å². The number of allylic oxidation sites excluding steroid dienone is 3. The molecule has 11 nitrogen and oxygen atoms in total. The highest BCUT2D eigenvalue weighted by Crippen LogP contribution is 2.50. The minimum absolute atomic E-state index is 0.00981. The summed E-state index contributed by atoms with van der Waals surface area (Å²) in [7, 11) is -3.83. The van der Waals surface area contributed by atoms with E-state index in [0.29, 0.717) is 39.3 Å². The van der Waals surface area contributed by atoms with E-state index in [1.165, 1.54) is 35.6 Å². The van der Waals surface area contributed by atoms with Gasteiger partial charge in [-0.15, -0.1) is 10.2 Å². The topological polar surface area (TPSA) is 185 Å². The number of hydrogen-bond donors (Lipinski definition) is 3. The van der Waals surface area contributed by atoms with E-state index in [1.54, 1.807) is 4.90 Å². The van der Waals surface area contributed by atoms with Crippen molar-refractivity contribution in [1.29, 1.82) is 5.26 Å². The number of primary sulfonamides is 1. The molecule has 5 rings (SSSR count). The maximum Gasteiger partial charge on any atom is 0.238 e. The lowest BCUT2D eigenvalue weighted by atomic mass is 9.69. The zero-order valence-electron chi connectivity index (χ0n) is 22.7. The Morgan fingerprint density at radius 1 is 1.17 bits per heavy atom. The van der Waals surface area contributed by atoms with Gasteiger partial charge in [0, 0.05) is 23.4 Å². The number of nitriles is 1. The molecule has 2 aliphatic rings. The van der Waals surface area contributed by atoms with E-state index in [1.807, 2.05) is 44.2 Å². The minimum atomic E-state index is -3.83. The Kier molecular flexibility index (Phi) is 7.95. The zero-order chi connectivity index (χ0) is 30.2. The Morgan fingerprint density at radius 3 is 2.50 bits per heavy atom. The highest BCUT2D eigenvalue weighted by molar-refractivity contribution is 8.01. The molecule has 1 amide bonds. The number of nitrogens with one attached hydrogen (secondary N) is 1. The number of anilines is 2. The molecule has 2 aromatic carbocycles. The number of sulfonamides is 1. The molecule has 3 aromatic rings. The largest absolute Gasteiger partial charge is 0.384 e. The summed E-state index contributed by atoms with van der Waals surface area (Å²) in [6, 6.07) is 17.2. The second-order valence-corrected chi connectivity index (χ2v) is 14.4. The van der Waals surface area contributed by atoms with Gasteiger partial charge in [0.15, 0.2) is 10.1 Å². The Balaban J connectivity index is 1.40. The van der Waals surface area contributed by atoms with Gasteiger partial charge in [-0.3, -0.25) is 14.5 Å². The number of ketones is 1. The van der Waals surface area contributed by atoms with Crippen molar-refractivity contribution in [2.75, 3.05) is 16.0 Å². The number of amides is 1. The molecule has 14 heteroatoms. The number of Topliss-reactive ketones (excluding diaryl/α,β-unsaturated/α-hetero) is 1. The number of thioether (sulfide) groups is 1. The van der Waals surface area contributed by atoms with Crippen molar-refractivity contribution in [3.8, 4) is 6.07 Å². The smallest absolute Gasteiger partial charge is 0.238 e. The molecule has 2 heterocycles. The molecule has 0 fully saturated rings. The Hall–Kier alpha value is -4.03. The average Bonchev–Trinajstić information content (AvgIpc) is 3.39. The van der Waals surface area contributed by atoms with Crippen LogP contribution >= 0.6 is 23.1 Å². The molecule has 0 saturated carbocycles. The standard InChI is InChI=1S/C28H27N7O4S3/c1-28(2)12-20-24(21(36)13-28)23(16-6-4-3-5-7-16)19(14-29)25(30)35(20)26-33-34-27(41-26)40-15-22(37)32-17-8-10-18(11-9-17)42(31,38)39/h3-11,23H,12-13,15,30H2,1-2H3,(H,32,37)(H2,31,38,39). The summed E-state index contributed by atoms with van der Waals surface area (Å²) >= 11 is 2.36. The fourth-order valence-corrected chi connectivity index (χ4v) is 7.31. The number of nitrogens with two attached hydrogens (primary N) is 2. The fourth-order valence-electron chi connectivity index (χ4n) is 5.11. The van der Waals surface area contributed by atoms with Crippen molar-refractivity contribution < 1.29 is 18.0 Å². The summed E-state index contributed by atoms with van der Waals surface area (Å²) < 4.78 is 23.4. The lowest BCUT2D eigenvalue weighted by molar-refractivity contribution is -0.118. The molecule has 1 aliphatic heterocycles. The number of nitrogens with zero attached hydrogens (tertiary/aromatic N) is 4. The summed E-state index contributed by atoms with van der Waals surface area (Å²) in [5.74, 6) is -0.733. The van der Waals surface area contributed by atoms with Crippen LogP contribution in [0, 0.1) is 16.7 Å². The first-order valence-corrected chi connectivity index (χ1v) is 16.1. The highest BCUT2D eigenvalue weighted by Gasteiger charge is 2.45. The SMILES string of the molecule is CC1(C)CC(=O)C2=C(C1)N(c1nnc(SCC(=O)Nc3ccc(S(N)(=O)=O)cc3)s1)C(N)=C(C#N)C2c1ccccc1. The van der Waals surface area contributed by atoms with Gasteiger partial charge >= 0.3 is 0 Å². The summed E-state index contributed by atoms with van der Waals surface area (Å²) in [6.45, 7) is 4.04. The third-order valence-electron chi connectivity index (χ3n) is 6.89. The van der Waals surface area contributed by atoms with Crippen LogP contribution in [0.3, 0.4) is 0 Å². The normalized spacial score (nSPS) is 18.5. The number of benzene rings is 2. The number of carbonyl (C=O) groups is 2. The van der Waals surface area contributed by atoms with Crippen molar-refractivity contribution >= 4 is 55.6 Å².